The minimum atomic E-state index is -3.77. The average Bonchev–Trinajstić information content (AvgIpc) is 2.82. The van der Waals surface area contributed by atoms with Crippen LogP contribution in [0.2, 0.25) is 0 Å². The Bertz CT molecular complexity index is 962. The summed E-state index contributed by atoms with van der Waals surface area (Å²) in [6.45, 7) is 6.28. The average molecular weight is 474 g/mol. The summed E-state index contributed by atoms with van der Waals surface area (Å²) in [7, 11) is -0.848. The highest BCUT2D eigenvalue weighted by atomic mass is 32.2. The number of amides is 1. The first-order chi connectivity index (χ1) is 15.9. The molecular formula is C24H35N5O3S. The molecule has 0 atom stereocenters. The number of rotatable bonds is 11. The minimum absolute atomic E-state index is 0.247. The Morgan fingerprint density at radius 2 is 1.48 bits per heavy atom. The van der Waals surface area contributed by atoms with Crippen LogP contribution in [0.15, 0.2) is 60.7 Å². The SMILES string of the molecule is CN(C)S(=O)(=O)N(CC(=O)NCCCN1CCN(Cc2ccccc2)CC1)c1ccccc1. The van der Waals surface area contributed by atoms with E-state index in [2.05, 4.69) is 39.4 Å². The normalized spacial score (nSPS) is 15.5. The van der Waals surface area contributed by atoms with Gasteiger partial charge in [-0.05, 0) is 30.7 Å². The van der Waals surface area contributed by atoms with Gasteiger partial charge in [0, 0.05) is 53.4 Å². The lowest BCUT2D eigenvalue weighted by Gasteiger charge is -2.34. The molecule has 0 bridgehead atoms. The number of benzene rings is 2. The quantitative estimate of drug-likeness (QED) is 0.502. The highest BCUT2D eigenvalue weighted by Gasteiger charge is 2.27. The first-order valence-electron chi connectivity index (χ1n) is 11.4. The van der Waals surface area contributed by atoms with Crippen LogP contribution in [0, 0.1) is 0 Å². The van der Waals surface area contributed by atoms with Crippen molar-refractivity contribution >= 4 is 21.8 Å². The first-order valence-corrected chi connectivity index (χ1v) is 12.8. The van der Waals surface area contributed by atoms with E-state index in [1.54, 1.807) is 24.3 Å². The van der Waals surface area contributed by atoms with Gasteiger partial charge in [-0.2, -0.15) is 12.7 Å². The zero-order valence-corrected chi connectivity index (χ0v) is 20.4. The molecule has 180 valence electrons. The second-order valence-corrected chi connectivity index (χ2v) is 10.5. The molecule has 3 rings (SSSR count). The lowest BCUT2D eigenvalue weighted by atomic mass is 10.2. The van der Waals surface area contributed by atoms with Gasteiger partial charge in [0.1, 0.15) is 6.54 Å². The summed E-state index contributed by atoms with van der Waals surface area (Å²) in [5, 5.41) is 2.87. The fourth-order valence-corrected chi connectivity index (χ4v) is 4.89. The molecule has 33 heavy (non-hydrogen) atoms. The predicted octanol–water partition coefficient (Wildman–Crippen LogP) is 1.62. The Balaban J connectivity index is 1.39. The summed E-state index contributed by atoms with van der Waals surface area (Å²) < 4.78 is 27.7. The third-order valence-corrected chi connectivity index (χ3v) is 7.58. The lowest BCUT2D eigenvalue weighted by Crippen LogP contribution is -2.47. The van der Waals surface area contributed by atoms with Crippen LogP contribution in [0.1, 0.15) is 12.0 Å². The summed E-state index contributed by atoms with van der Waals surface area (Å²) >= 11 is 0. The van der Waals surface area contributed by atoms with Gasteiger partial charge in [-0.3, -0.25) is 9.69 Å². The molecule has 1 amide bonds. The number of piperazine rings is 1. The Labute approximate surface area is 198 Å². The molecule has 0 radical (unpaired) electrons. The second-order valence-electron chi connectivity index (χ2n) is 8.44. The predicted molar refractivity (Wildman–Crippen MR) is 132 cm³/mol. The van der Waals surface area contributed by atoms with Crippen molar-refractivity contribution < 1.29 is 13.2 Å². The van der Waals surface area contributed by atoms with Crippen molar-refractivity contribution in [2.45, 2.75) is 13.0 Å². The Morgan fingerprint density at radius 3 is 2.09 bits per heavy atom. The molecule has 1 aliphatic rings. The maximum atomic E-state index is 12.7. The number of anilines is 1. The fraction of sp³-hybridized carbons (Fsp3) is 0.458. The molecular weight excluding hydrogens is 438 g/mol. The summed E-state index contributed by atoms with van der Waals surface area (Å²) in [5.74, 6) is -0.308. The smallest absolute Gasteiger partial charge is 0.304 e. The van der Waals surface area contributed by atoms with Crippen molar-refractivity contribution in [1.82, 2.24) is 19.4 Å². The van der Waals surface area contributed by atoms with Gasteiger partial charge in [0.2, 0.25) is 5.91 Å². The zero-order valence-electron chi connectivity index (χ0n) is 19.6. The van der Waals surface area contributed by atoms with Crippen molar-refractivity contribution in [3.63, 3.8) is 0 Å². The van der Waals surface area contributed by atoms with E-state index in [4.69, 9.17) is 0 Å². The van der Waals surface area contributed by atoms with Crippen LogP contribution in [0.25, 0.3) is 0 Å². The van der Waals surface area contributed by atoms with E-state index in [9.17, 15) is 13.2 Å². The Morgan fingerprint density at radius 1 is 0.909 bits per heavy atom. The van der Waals surface area contributed by atoms with E-state index in [1.807, 2.05) is 12.1 Å². The van der Waals surface area contributed by atoms with Crippen LogP contribution in [0.5, 0.6) is 0 Å². The van der Waals surface area contributed by atoms with Crippen molar-refractivity contribution in [3.05, 3.63) is 66.2 Å². The van der Waals surface area contributed by atoms with Gasteiger partial charge in [0.25, 0.3) is 0 Å². The molecule has 1 saturated heterocycles. The third kappa shape index (κ3) is 7.53. The molecule has 1 aliphatic heterocycles. The van der Waals surface area contributed by atoms with E-state index in [1.165, 1.54) is 19.7 Å². The van der Waals surface area contributed by atoms with Gasteiger partial charge in [0.05, 0.1) is 5.69 Å². The summed E-state index contributed by atoms with van der Waals surface area (Å²) in [6, 6.07) is 19.2. The van der Waals surface area contributed by atoms with Crippen molar-refractivity contribution in [2.24, 2.45) is 0 Å². The molecule has 1 fully saturated rings. The molecule has 8 nitrogen and oxygen atoms in total. The highest BCUT2D eigenvalue weighted by Crippen LogP contribution is 2.18. The number of nitrogens with zero attached hydrogens (tertiary/aromatic N) is 4. The third-order valence-electron chi connectivity index (χ3n) is 5.76. The van der Waals surface area contributed by atoms with Crippen LogP contribution in [0.4, 0.5) is 5.69 Å². The summed E-state index contributed by atoms with van der Waals surface area (Å²) in [5.41, 5.74) is 1.81. The van der Waals surface area contributed by atoms with E-state index < -0.39 is 10.2 Å². The first kappa shape index (κ1) is 25.2. The van der Waals surface area contributed by atoms with Gasteiger partial charge in [-0.1, -0.05) is 48.5 Å². The standard InChI is InChI=1S/C24H35N5O3S/c1-26(2)33(31,32)29(23-12-7-4-8-13-23)21-24(30)25-14-9-15-27-16-18-28(19-17-27)20-22-10-5-3-6-11-22/h3-8,10-13H,9,14-21H2,1-2H3,(H,25,30). The number of para-hydroxylation sites is 1. The number of carbonyl (C=O) groups is 1. The van der Waals surface area contributed by atoms with Crippen molar-refractivity contribution in [3.8, 4) is 0 Å². The fourth-order valence-electron chi connectivity index (χ4n) is 3.83. The number of carbonyl (C=O) groups excluding carboxylic acids is 1. The molecule has 9 heteroatoms. The molecule has 2 aromatic carbocycles. The molecule has 2 aromatic rings. The van der Waals surface area contributed by atoms with Gasteiger partial charge >= 0.3 is 10.2 Å². The molecule has 0 unspecified atom stereocenters. The van der Waals surface area contributed by atoms with E-state index in [0.29, 0.717) is 12.2 Å². The van der Waals surface area contributed by atoms with Gasteiger partial charge in [-0.15, -0.1) is 0 Å². The van der Waals surface area contributed by atoms with Crippen LogP contribution in [-0.4, -0.2) is 88.3 Å². The van der Waals surface area contributed by atoms with Crippen molar-refractivity contribution in [1.29, 1.82) is 0 Å². The van der Waals surface area contributed by atoms with Crippen LogP contribution < -0.4 is 9.62 Å². The molecule has 0 aliphatic carbocycles. The monoisotopic (exact) mass is 473 g/mol. The maximum Gasteiger partial charge on any atom is 0.304 e. The second kappa shape index (κ2) is 12.1. The molecule has 1 N–H and O–H groups in total. The van der Waals surface area contributed by atoms with Gasteiger partial charge in [0.15, 0.2) is 0 Å². The highest BCUT2D eigenvalue weighted by molar-refractivity contribution is 7.90. The van der Waals surface area contributed by atoms with E-state index >= 15 is 0 Å². The maximum absolute atomic E-state index is 12.7. The molecule has 1 heterocycles. The molecule has 0 aromatic heterocycles. The largest absolute Gasteiger partial charge is 0.354 e. The number of hydrogen-bond donors (Lipinski definition) is 1. The summed E-state index contributed by atoms with van der Waals surface area (Å²) in [4.78, 5) is 17.4. The molecule has 0 spiro atoms. The summed E-state index contributed by atoms with van der Waals surface area (Å²) in [6.07, 6.45) is 0.830. The Kier molecular flexibility index (Phi) is 9.25. The number of nitrogens with one attached hydrogen (secondary N) is 1. The minimum Gasteiger partial charge on any atom is -0.354 e. The van der Waals surface area contributed by atoms with Crippen LogP contribution in [-0.2, 0) is 21.5 Å². The van der Waals surface area contributed by atoms with E-state index in [-0.39, 0.29) is 12.5 Å². The zero-order chi connectivity index (χ0) is 23.7. The topological polar surface area (TPSA) is 76.2 Å². The number of hydrogen-bond acceptors (Lipinski definition) is 5. The van der Waals surface area contributed by atoms with Gasteiger partial charge in [-0.25, -0.2) is 4.31 Å². The molecule has 0 saturated carbocycles. The van der Waals surface area contributed by atoms with Gasteiger partial charge < -0.3 is 10.2 Å². The Hall–Kier alpha value is -2.46. The lowest BCUT2D eigenvalue weighted by molar-refractivity contribution is -0.119. The van der Waals surface area contributed by atoms with E-state index in [0.717, 1.165) is 54.3 Å². The van der Waals surface area contributed by atoms with Crippen molar-refractivity contribution in [2.75, 3.05) is 64.2 Å². The van der Waals surface area contributed by atoms with Crippen LogP contribution in [0.3, 0.4) is 0 Å². The van der Waals surface area contributed by atoms with Crippen LogP contribution >= 0.6 is 0 Å².